The summed E-state index contributed by atoms with van der Waals surface area (Å²) in [5.74, 6) is 0.491. The summed E-state index contributed by atoms with van der Waals surface area (Å²) in [5, 5.41) is 3.02. The highest BCUT2D eigenvalue weighted by atomic mass is 31.2. The number of unbranched alkanes of at least 4 members (excludes halogenated alkanes) is 12. The predicted octanol–water partition coefficient (Wildman–Crippen LogP) is 11.2. The van der Waals surface area contributed by atoms with Crippen molar-refractivity contribution in [2.24, 2.45) is 0 Å². The maximum atomic E-state index is 13.1. The smallest absolute Gasteiger partial charge is 0.422 e. The molecule has 0 aliphatic rings. The number of nitrogens with one attached hydrogen (secondary N) is 1. The average molecular weight is 727 g/mol. The predicted molar refractivity (Wildman–Crippen MR) is 193 cm³/mol. The molecule has 0 saturated heterocycles. The number of benzene rings is 1. The zero-order valence-electron chi connectivity index (χ0n) is 30.2. The molecule has 2 aromatic rings. The molecule has 1 heterocycles. The molecule has 50 heavy (non-hydrogen) atoms. The molecule has 282 valence electrons. The van der Waals surface area contributed by atoms with Crippen LogP contribution in [-0.2, 0) is 25.0 Å². The first-order valence-corrected chi connectivity index (χ1v) is 20.0. The largest absolute Gasteiger partial charge is 0.487 e. The molecule has 0 aliphatic carbocycles. The van der Waals surface area contributed by atoms with Crippen molar-refractivity contribution in [1.29, 1.82) is 0 Å². The standard InChI is InChI=1S/C38H58F3N2O6P/c1-4-7-8-9-10-11-12-13-14-15-16-17-18-19-37(44)43-33(25-27-50(45,48-5-2)49-6-3)28-32-20-22-35(23-21-32)46-30-34-29-36(24-26-42-34)47-31-38(39,40)41/h20-24,26,28-29H,4-19,25,27,30-31H2,1-3H3,(H,43,44)/b33-28+. The van der Waals surface area contributed by atoms with Gasteiger partial charge in [-0.3, -0.25) is 14.3 Å². The Morgan fingerprint density at radius 2 is 1.36 bits per heavy atom. The number of hydrogen-bond donors (Lipinski definition) is 1. The molecule has 0 bridgehead atoms. The quantitative estimate of drug-likeness (QED) is 0.0689. The highest BCUT2D eigenvalue weighted by Crippen LogP contribution is 2.49. The van der Waals surface area contributed by atoms with Gasteiger partial charge in [-0.05, 0) is 56.5 Å². The minimum Gasteiger partial charge on any atom is -0.487 e. The van der Waals surface area contributed by atoms with Crippen LogP contribution in [0.1, 0.15) is 128 Å². The first-order valence-electron chi connectivity index (χ1n) is 18.3. The van der Waals surface area contributed by atoms with Gasteiger partial charge in [0.2, 0.25) is 5.91 Å². The Labute approximate surface area is 297 Å². The number of aromatic nitrogens is 1. The summed E-state index contributed by atoms with van der Waals surface area (Å²) >= 11 is 0. The second-order valence-corrected chi connectivity index (χ2v) is 14.6. The summed E-state index contributed by atoms with van der Waals surface area (Å²) in [6.07, 6.45) is 15.6. The van der Waals surface area contributed by atoms with Crippen molar-refractivity contribution in [2.75, 3.05) is 26.0 Å². The number of hydrogen-bond acceptors (Lipinski definition) is 7. The van der Waals surface area contributed by atoms with Crippen LogP contribution in [0.2, 0.25) is 0 Å². The van der Waals surface area contributed by atoms with Crippen LogP contribution >= 0.6 is 7.60 Å². The Hall–Kier alpha value is -2.88. The maximum Gasteiger partial charge on any atom is 0.422 e. The van der Waals surface area contributed by atoms with Crippen LogP contribution in [0.4, 0.5) is 13.2 Å². The lowest BCUT2D eigenvalue weighted by atomic mass is 10.0. The second kappa shape index (κ2) is 25.1. The maximum absolute atomic E-state index is 13.1. The second-order valence-electron chi connectivity index (χ2n) is 12.4. The zero-order valence-corrected chi connectivity index (χ0v) is 31.1. The van der Waals surface area contributed by atoms with Crippen LogP contribution < -0.4 is 14.8 Å². The van der Waals surface area contributed by atoms with Crippen LogP contribution in [-0.4, -0.2) is 43.1 Å². The van der Waals surface area contributed by atoms with E-state index >= 15 is 0 Å². The number of alkyl halides is 3. The van der Waals surface area contributed by atoms with Gasteiger partial charge in [0.25, 0.3) is 0 Å². The molecular weight excluding hydrogens is 668 g/mol. The Bertz CT molecular complexity index is 1280. The van der Waals surface area contributed by atoms with E-state index in [1.54, 1.807) is 26.0 Å². The van der Waals surface area contributed by atoms with Gasteiger partial charge in [-0.1, -0.05) is 96.1 Å². The van der Waals surface area contributed by atoms with E-state index in [4.69, 9.17) is 18.5 Å². The third-order valence-electron chi connectivity index (χ3n) is 7.91. The van der Waals surface area contributed by atoms with Crippen LogP contribution in [0.5, 0.6) is 11.5 Å². The Morgan fingerprint density at radius 1 is 0.780 bits per heavy atom. The fourth-order valence-electron chi connectivity index (χ4n) is 5.34. The zero-order chi connectivity index (χ0) is 36.5. The lowest BCUT2D eigenvalue weighted by molar-refractivity contribution is -0.153. The van der Waals surface area contributed by atoms with E-state index in [2.05, 4.69) is 17.2 Å². The molecule has 8 nitrogen and oxygen atoms in total. The molecule has 0 radical (unpaired) electrons. The van der Waals surface area contributed by atoms with E-state index in [0.717, 1.165) is 24.8 Å². The summed E-state index contributed by atoms with van der Waals surface area (Å²) in [4.78, 5) is 17.1. The summed E-state index contributed by atoms with van der Waals surface area (Å²) < 4.78 is 72.1. The summed E-state index contributed by atoms with van der Waals surface area (Å²) in [6, 6.07) is 9.87. The number of ether oxygens (including phenoxy) is 2. The number of carbonyl (C=O) groups excluding carboxylic acids is 1. The van der Waals surface area contributed by atoms with Crippen LogP contribution in [0.15, 0.2) is 48.3 Å². The summed E-state index contributed by atoms with van der Waals surface area (Å²) in [7, 11) is -3.32. The molecule has 0 unspecified atom stereocenters. The van der Waals surface area contributed by atoms with Gasteiger partial charge in [0, 0.05) is 24.4 Å². The molecule has 0 saturated carbocycles. The van der Waals surface area contributed by atoms with Crippen LogP contribution in [0.3, 0.4) is 0 Å². The minimum absolute atomic E-state index is 0.0308. The Balaban J connectivity index is 1.89. The third kappa shape index (κ3) is 20.7. The number of carbonyl (C=O) groups is 1. The first-order chi connectivity index (χ1) is 24.1. The third-order valence-corrected chi connectivity index (χ3v) is 9.99. The van der Waals surface area contributed by atoms with Crippen molar-refractivity contribution < 1.29 is 41.1 Å². The fraction of sp³-hybridized carbons (Fsp3) is 0.632. The van der Waals surface area contributed by atoms with E-state index in [1.807, 2.05) is 18.2 Å². The summed E-state index contributed by atoms with van der Waals surface area (Å²) in [6.45, 7) is 4.92. The Morgan fingerprint density at radius 3 is 1.92 bits per heavy atom. The van der Waals surface area contributed by atoms with E-state index in [9.17, 15) is 22.5 Å². The number of nitrogens with zero attached hydrogens (tertiary/aromatic N) is 1. The molecule has 1 amide bonds. The highest BCUT2D eigenvalue weighted by molar-refractivity contribution is 7.53. The number of halogens is 3. The minimum atomic E-state index is -4.43. The lowest BCUT2D eigenvalue weighted by Crippen LogP contribution is -2.23. The monoisotopic (exact) mass is 726 g/mol. The van der Waals surface area contributed by atoms with Crippen molar-refractivity contribution in [3.63, 3.8) is 0 Å². The molecule has 2 rings (SSSR count). The van der Waals surface area contributed by atoms with Crippen molar-refractivity contribution in [3.8, 4) is 11.5 Å². The molecule has 1 aromatic carbocycles. The van der Waals surface area contributed by atoms with Gasteiger partial charge in [0.1, 0.15) is 18.1 Å². The van der Waals surface area contributed by atoms with Gasteiger partial charge < -0.3 is 23.8 Å². The van der Waals surface area contributed by atoms with Crippen molar-refractivity contribution in [2.45, 2.75) is 130 Å². The highest BCUT2D eigenvalue weighted by Gasteiger charge is 2.28. The Kier molecular flexibility index (Phi) is 21.8. The van der Waals surface area contributed by atoms with E-state index in [-0.39, 0.29) is 44.1 Å². The molecule has 1 N–H and O–H groups in total. The number of amides is 1. The summed E-state index contributed by atoms with van der Waals surface area (Å²) in [5.41, 5.74) is 1.81. The number of rotatable bonds is 28. The molecular formula is C38H58F3N2O6P. The number of pyridine rings is 1. The van der Waals surface area contributed by atoms with Gasteiger partial charge in [-0.2, -0.15) is 13.2 Å². The molecule has 0 fully saturated rings. The van der Waals surface area contributed by atoms with Gasteiger partial charge in [-0.15, -0.1) is 0 Å². The van der Waals surface area contributed by atoms with Crippen LogP contribution in [0.25, 0.3) is 6.08 Å². The van der Waals surface area contributed by atoms with Gasteiger partial charge >= 0.3 is 13.8 Å². The SMILES string of the molecule is CCCCCCCCCCCCCCCC(=O)N/C(=C/c1ccc(OCc2cc(OCC(F)(F)F)ccn2)cc1)CCP(=O)(OCC)OCC. The van der Waals surface area contributed by atoms with Crippen molar-refractivity contribution in [1.82, 2.24) is 10.3 Å². The fourth-order valence-corrected chi connectivity index (χ4v) is 6.98. The van der Waals surface area contributed by atoms with E-state index < -0.39 is 20.4 Å². The normalized spacial score (nSPS) is 12.2. The first kappa shape index (κ1) is 43.3. The topological polar surface area (TPSA) is 96.0 Å². The van der Waals surface area contributed by atoms with E-state index in [0.29, 0.717) is 23.6 Å². The van der Waals surface area contributed by atoms with Gasteiger partial charge in [-0.25, -0.2) is 0 Å². The molecule has 0 atom stereocenters. The number of allylic oxidation sites excluding steroid dienone is 1. The van der Waals surface area contributed by atoms with Crippen molar-refractivity contribution in [3.05, 3.63) is 59.5 Å². The van der Waals surface area contributed by atoms with Crippen LogP contribution in [0, 0.1) is 0 Å². The van der Waals surface area contributed by atoms with Gasteiger partial charge in [0.15, 0.2) is 6.61 Å². The average Bonchev–Trinajstić information content (AvgIpc) is 3.08. The van der Waals surface area contributed by atoms with Gasteiger partial charge in [0.05, 0.1) is 25.1 Å². The molecule has 0 aliphatic heterocycles. The van der Waals surface area contributed by atoms with Crippen molar-refractivity contribution >= 4 is 19.6 Å². The molecule has 0 spiro atoms. The molecule has 12 heteroatoms. The molecule has 1 aromatic heterocycles. The lowest BCUT2D eigenvalue weighted by Gasteiger charge is -2.18. The van der Waals surface area contributed by atoms with E-state index in [1.165, 1.54) is 82.5 Å².